The molecule has 0 amide bonds. The van der Waals surface area contributed by atoms with Gasteiger partial charge in [0.15, 0.2) is 0 Å². The summed E-state index contributed by atoms with van der Waals surface area (Å²) in [6.07, 6.45) is 3.55. The molecule has 1 aromatic rings. The zero-order chi connectivity index (χ0) is 14.0. The quantitative estimate of drug-likeness (QED) is 0.768. The van der Waals surface area contributed by atoms with Crippen molar-refractivity contribution in [2.75, 3.05) is 39.3 Å². The zero-order valence-corrected chi connectivity index (χ0v) is 12.3. The van der Waals surface area contributed by atoms with Crippen LogP contribution >= 0.6 is 0 Å². The van der Waals surface area contributed by atoms with Gasteiger partial charge in [-0.15, -0.1) is 0 Å². The van der Waals surface area contributed by atoms with E-state index in [4.69, 9.17) is 0 Å². The van der Waals surface area contributed by atoms with E-state index in [2.05, 4.69) is 15.5 Å². The highest BCUT2D eigenvalue weighted by Crippen LogP contribution is 2.17. The molecule has 1 fully saturated rings. The molecule has 0 radical (unpaired) electrons. The average molecular weight is 277 g/mol. The molecule has 0 saturated carbocycles. The van der Waals surface area contributed by atoms with E-state index >= 15 is 0 Å². The third-order valence-corrected chi connectivity index (χ3v) is 3.75. The highest BCUT2D eigenvalue weighted by molar-refractivity contribution is 5.31. The maximum atomic E-state index is 9.90. The van der Waals surface area contributed by atoms with Crippen molar-refractivity contribution >= 4 is 0 Å². The van der Waals surface area contributed by atoms with Crippen LogP contribution in [0.1, 0.15) is 24.8 Å². The van der Waals surface area contributed by atoms with E-state index in [1.165, 1.54) is 19.3 Å². The number of rotatable bonds is 2. The van der Waals surface area contributed by atoms with Crippen LogP contribution in [0.5, 0.6) is 5.75 Å². The van der Waals surface area contributed by atoms with Crippen molar-refractivity contribution in [2.24, 2.45) is 0 Å². The van der Waals surface area contributed by atoms with Crippen LogP contribution < -0.4 is 10.6 Å². The van der Waals surface area contributed by atoms with E-state index in [-0.39, 0.29) is 0 Å². The smallest absolute Gasteiger partial charge is 0.120 e. The van der Waals surface area contributed by atoms with Crippen LogP contribution in [0.25, 0.3) is 0 Å². The minimum absolute atomic E-state index is 0.412. The van der Waals surface area contributed by atoms with Crippen LogP contribution in [0.15, 0.2) is 24.3 Å². The Hall–Kier alpha value is -1.10. The molecule has 1 aromatic carbocycles. The number of nitrogens with one attached hydrogen (secondary N) is 2. The van der Waals surface area contributed by atoms with E-state index in [0.29, 0.717) is 5.75 Å². The van der Waals surface area contributed by atoms with Crippen molar-refractivity contribution in [3.63, 3.8) is 0 Å². The van der Waals surface area contributed by atoms with Gasteiger partial charge in [-0.1, -0.05) is 18.2 Å². The summed E-state index contributed by atoms with van der Waals surface area (Å²) in [5.74, 6) is 0.412. The van der Waals surface area contributed by atoms with Crippen LogP contribution in [0, 0.1) is 0 Å². The fourth-order valence-electron chi connectivity index (χ4n) is 2.60. The van der Waals surface area contributed by atoms with Gasteiger partial charge in [-0.2, -0.15) is 0 Å². The van der Waals surface area contributed by atoms with Crippen LogP contribution in [-0.2, 0) is 6.54 Å². The second kappa shape index (κ2) is 8.95. The molecule has 4 heteroatoms. The molecule has 20 heavy (non-hydrogen) atoms. The lowest BCUT2D eigenvalue weighted by Crippen LogP contribution is -2.32. The number of hydrogen-bond acceptors (Lipinski definition) is 4. The Bertz CT molecular complexity index is 372. The van der Waals surface area contributed by atoms with Crippen molar-refractivity contribution in [1.29, 1.82) is 0 Å². The van der Waals surface area contributed by atoms with Gasteiger partial charge in [0.1, 0.15) is 5.75 Å². The molecule has 1 saturated heterocycles. The predicted octanol–water partition coefficient (Wildman–Crippen LogP) is 1.56. The van der Waals surface area contributed by atoms with E-state index in [1.54, 1.807) is 6.07 Å². The first-order valence-corrected chi connectivity index (χ1v) is 7.77. The van der Waals surface area contributed by atoms with Crippen molar-refractivity contribution in [2.45, 2.75) is 25.8 Å². The molecule has 1 aliphatic heterocycles. The Morgan fingerprint density at radius 1 is 0.900 bits per heavy atom. The monoisotopic (exact) mass is 277 g/mol. The van der Waals surface area contributed by atoms with Crippen molar-refractivity contribution in [3.05, 3.63) is 29.8 Å². The third-order valence-electron chi connectivity index (χ3n) is 3.75. The largest absolute Gasteiger partial charge is 0.508 e. The minimum Gasteiger partial charge on any atom is -0.508 e. The molecule has 0 bridgehead atoms. The van der Waals surface area contributed by atoms with Gasteiger partial charge in [-0.3, -0.25) is 4.90 Å². The molecule has 3 N–H and O–H groups in total. The van der Waals surface area contributed by atoms with Gasteiger partial charge >= 0.3 is 0 Å². The normalized spacial score (nSPS) is 20.0. The van der Waals surface area contributed by atoms with Gasteiger partial charge in [0, 0.05) is 12.1 Å². The molecule has 1 aliphatic rings. The Morgan fingerprint density at radius 3 is 2.15 bits per heavy atom. The Labute approximate surface area is 122 Å². The molecule has 112 valence electrons. The molecule has 4 nitrogen and oxygen atoms in total. The first-order valence-electron chi connectivity index (χ1n) is 7.77. The lowest BCUT2D eigenvalue weighted by Gasteiger charge is -2.23. The minimum atomic E-state index is 0.412. The standard InChI is InChI=1S/C16H27N3O/c20-16-7-2-1-6-15(16)14-19-12-4-10-17-8-3-9-18-11-5-13-19/h1-2,6-7,17-18,20H,3-5,8-14H2. The van der Waals surface area contributed by atoms with E-state index in [1.807, 2.05) is 18.2 Å². The second-order valence-electron chi connectivity index (χ2n) is 5.47. The van der Waals surface area contributed by atoms with Crippen LogP contribution in [0.4, 0.5) is 0 Å². The maximum absolute atomic E-state index is 9.90. The molecule has 1 heterocycles. The molecule has 0 aliphatic carbocycles. The summed E-state index contributed by atoms with van der Waals surface area (Å²) in [5.41, 5.74) is 1.03. The summed E-state index contributed by atoms with van der Waals surface area (Å²) >= 11 is 0. The zero-order valence-electron chi connectivity index (χ0n) is 12.3. The van der Waals surface area contributed by atoms with Crippen LogP contribution in [0.2, 0.25) is 0 Å². The molecular formula is C16H27N3O. The Balaban J connectivity index is 1.87. The highest BCUT2D eigenvalue weighted by Gasteiger charge is 2.09. The summed E-state index contributed by atoms with van der Waals surface area (Å²) in [5, 5.41) is 16.9. The van der Waals surface area contributed by atoms with Crippen molar-refractivity contribution in [3.8, 4) is 5.75 Å². The van der Waals surface area contributed by atoms with Crippen molar-refractivity contribution < 1.29 is 5.11 Å². The lowest BCUT2D eigenvalue weighted by molar-refractivity contribution is 0.251. The Morgan fingerprint density at radius 2 is 1.50 bits per heavy atom. The molecular weight excluding hydrogens is 250 g/mol. The molecule has 0 spiro atoms. The first kappa shape index (κ1) is 15.3. The topological polar surface area (TPSA) is 47.5 Å². The number of aromatic hydroxyl groups is 1. The predicted molar refractivity (Wildman–Crippen MR) is 83.0 cm³/mol. The fourth-order valence-corrected chi connectivity index (χ4v) is 2.60. The summed E-state index contributed by atoms with van der Waals surface area (Å²) < 4.78 is 0. The third kappa shape index (κ3) is 5.49. The first-order chi connectivity index (χ1) is 9.86. The average Bonchev–Trinajstić information content (AvgIpc) is 2.44. The highest BCUT2D eigenvalue weighted by atomic mass is 16.3. The fraction of sp³-hybridized carbons (Fsp3) is 0.625. The van der Waals surface area contributed by atoms with E-state index < -0.39 is 0 Å². The van der Waals surface area contributed by atoms with Gasteiger partial charge in [0.2, 0.25) is 0 Å². The molecule has 0 aromatic heterocycles. The maximum Gasteiger partial charge on any atom is 0.120 e. The SMILES string of the molecule is Oc1ccccc1CN1CCCNCCCNCCC1. The van der Waals surface area contributed by atoms with E-state index in [9.17, 15) is 5.11 Å². The Kier molecular flexibility index (Phi) is 6.84. The van der Waals surface area contributed by atoms with Gasteiger partial charge in [0.05, 0.1) is 0 Å². The molecule has 0 atom stereocenters. The number of benzene rings is 1. The lowest BCUT2D eigenvalue weighted by atomic mass is 10.1. The molecule has 0 unspecified atom stereocenters. The van der Waals surface area contributed by atoms with Crippen LogP contribution in [-0.4, -0.2) is 49.3 Å². The summed E-state index contributed by atoms with van der Waals surface area (Å²) in [6.45, 7) is 7.38. The molecule has 2 rings (SSSR count). The van der Waals surface area contributed by atoms with Crippen molar-refractivity contribution in [1.82, 2.24) is 15.5 Å². The number of phenols is 1. The van der Waals surface area contributed by atoms with Gasteiger partial charge in [0.25, 0.3) is 0 Å². The number of phenolic OH excluding ortho intramolecular Hbond substituents is 1. The van der Waals surface area contributed by atoms with Gasteiger partial charge in [-0.05, 0) is 64.6 Å². The van der Waals surface area contributed by atoms with Crippen LogP contribution in [0.3, 0.4) is 0 Å². The summed E-state index contributed by atoms with van der Waals surface area (Å²) in [6, 6.07) is 7.66. The number of para-hydroxylation sites is 1. The van der Waals surface area contributed by atoms with Gasteiger partial charge < -0.3 is 15.7 Å². The second-order valence-corrected chi connectivity index (χ2v) is 5.47. The van der Waals surface area contributed by atoms with Gasteiger partial charge in [-0.25, -0.2) is 0 Å². The summed E-state index contributed by atoms with van der Waals surface area (Å²) in [7, 11) is 0. The number of nitrogens with zero attached hydrogens (tertiary/aromatic N) is 1. The summed E-state index contributed by atoms with van der Waals surface area (Å²) in [4.78, 5) is 2.44. The number of hydrogen-bond donors (Lipinski definition) is 3. The van der Waals surface area contributed by atoms with E-state index in [0.717, 1.165) is 51.4 Å².